The number of benzene rings is 3. The number of aryl methyl sites for hydroxylation is 1. The van der Waals surface area contributed by atoms with E-state index in [1.54, 1.807) is 30.5 Å². The van der Waals surface area contributed by atoms with Crippen LogP contribution in [0.2, 0.25) is 0 Å². The second-order valence-corrected chi connectivity index (χ2v) is 9.72. The summed E-state index contributed by atoms with van der Waals surface area (Å²) < 4.78 is 23.1. The van der Waals surface area contributed by atoms with Crippen LogP contribution in [0.15, 0.2) is 77.9 Å². The molecule has 0 radical (unpaired) electrons. The van der Waals surface area contributed by atoms with Crippen molar-refractivity contribution >= 4 is 64.9 Å². The Morgan fingerprint density at radius 2 is 1.82 bits per heavy atom. The summed E-state index contributed by atoms with van der Waals surface area (Å²) in [5.74, 6) is 0.787. The zero-order valence-electron chi connectivity index (χ0n) is 17.4. The highest BCUT2D eigenvalue weighted by Crippen LogP contribution is 2.35. The van der Waals surface area contributed by atoms with Gasteiger partial charge in [-0.2, -0.15) is 9.78 Å². The molecule has 0 unspecified atom stereocenters. The predicted molar refractivity (Wildman–Crippen MR) is 139 cm³/mol. The molecule has 0 aliphatic carbocycles. The fourth-order valence-electron chi connectivity index (χ4n) is 3.22. The van der Waals surface area contributed by atoms with Crippen molar-refractivity contribution in [1.29, 1.82) is 0 Å². The van der Waals surface area contributed by atoms with E-state index < -0.39 is 0 Å². The largest absolute Gasteiger partial charge is 0.486 e. The predicted octanol–water partition coefficient (Wildman–Crippen LogP) is 6.85. The molecule has 0 bridgehead atoms. The van der Waals surface area contributed by atoms with Crippen LogP contribution in [-0.2, 0) is 13.0 Å². The molecule has 5 nitrogen and oxygen atoms in total. The molecule has 1 aromatic heterocycles. The second-order valence-electron chi connectivity index (χ2n) is 7.10. The van der Waals surface area contributed by atoms with E-state index in [2.05, 4.69) is 57.9 Å². The number of fused-ring (bicyclic) bond motifs is 1. The van der Waals surface area contributed by atoms with Crippen LogP contribution in [0, 0.1) is 5.82 Å². The highest BCUT2D eigenvalue weighted by Gasteiger charge is 2.12. The average molecular weight is 638 g/mol. The fourth-order valence-corrected chi connectivity index (χ4v) is 5.04. The minimum absolute atomic E-state index is 0.0882. The molecule has 0 amide bonds. The van der Waals surface area contributed by atoms with Crippen molar-refractivity contribution in [2.45, 2.75) is 20.0 Å². The van der Waals surface area contributed by atoms with Crippen LogP contribution in [0.25, 0.3) is 10.9 Å². The zero-order valence-corrected chi connectivity index (χ0v) is 22.1. The maximum atomic E-state index is 13.9. The van der Waals surface area contributed by atoms with Gasteiger partial charge in [0.2, 0.25) is 0 Å². The topological polar surface area (TPSA) is 56.5 Å². The molecule has 4 rings (SSSR count). The fraction of sp³-hybridized carbons (Fsp3) is 0.125. The Labute approximate surface area is 214 Å². The van der Waals surface area contributed by atoms with Crippen LogP contribution in [0.4, 0.5) is 4.39 Å². The summed E-state index contributed by atoms with van der Waals surface area (Å²) in [6.45, 7) is 2.01. The molecule has 0 atom stereocenters. The van der Waals surface area contributed by atoms with Crippen molar-refractivity contribution in [3.63, 3.8) is 0 Å². The Kier molecular flexibility index (Phi) is 7.41. The number of hydrogen-bond donors (Lipinski definition) is 0. The van der Waals surface area contributed by atoms with E-state index in [1.165, 1.54) is 10.7 Å². The van der Waals surface area contributed by atoms with E-state index in [0.717, 1.165) is 10.0 Å². The second kappa shape index (κ2) is 10.3. The highest BCUT2D eigenvalue weighted by molar-refractivity contribution is 9.11. The Balaban J connectivity index is 1.64. The van der Waals surface area contributed by atoms with Gasteiger partial charge in [0.05, 0.1) is 26.1 Å². The molecule has 0 saturated carbocycles. The molecule has 9 heteroatoms. The van der Waals surface area contributed by atoms with Crippen LogP contribution in [0.3, 0.4) is 0 Å². The smallest absolute Gasteiger partial charge is 0.282 e. The third kappa shape index (κ3) is 5.26. The Morgan fingerprint density at radius 3 is 2.52 bits per heavy atom. The average Bonchev–Trinajstić information content (AvgIpc) is 2.79. The summed E-state index contributed by atoms with van der Waals surface area (Å²) >= 11 is 10.4. The van der Waals surface area contributed by atoms with E-state index in [4.69, 9.17) is 4.74 Å². The van der Waals surface area contributed by atoms with Gasteiger partial charge in [-0.15, -0.1) is 0 Å². The van der Waals surface area contributed by atoms with Gasteiger partial charge in [-0.1, -0.05) is 41.1 Å². The van der Waals surface area contributed by atoms with Crippen molar-refractivity contribution in [2.24, 2.45) is 5.10 Å². The van der Waals surface area contributed by atoms with Gasteiger partial charge < -0.3 is 4.74 Å². The molecule has 0 aliphatic heterocycles. The monoisotopic (exact) mass is 635 g/mol. The minimum Gasteiger partial charge on any atom is -0.486 e. The number of nitrogens with zero attached hydrogens (tertiary/aromatic N) is 3. The summed E-state index contributed by atoms with van der Waals surface area (Å²) in [7, 11) is 0. The number of ether oxygens (including phenoxy) is 1. The summed E-state index contributed by atoms with van der Waals surface area (Å²) in [5, 5.41) is 4.90. The van der Waals surface area contributed by atoms with Gasteiger partial charge in [0, 0.05) is 16.5 Å². The van der Waals surface area contributed by atoms with Crippen LogP contribution >= 0.6 is 47.8 Å². The maximum absolute atomic E-state index is 13.9. The Morgan fingerprint density at radius 1 is 1.09 bits per heavy atom. The highest BCUT2D eigenvalue weighted by atomic mass is 79.9. The zero-order chi connectivity index (χ0) is 23.5. The molecular weight excluding hydrogens is 621 g/mol. The van der Waals surface area contributed by atoms with E-state index in [9.17, 15) is 9.18 Å². The first-order chi connectivity index (χ1) is 15.9. The first-order valence-corrected chi connectivity index (χ1v) is 12.4. The van der Waals surface area contributed by atoms with Crippen LogP contribution in [0.5, 0.6) is 5.75 Å². The Hall–Kier alpha value is -2.36. The van der Waals surface area contributed by atoms with Gasteiger partial charge in [-0.25, -0.2) is 9.37 Å². The first kappa shape index (κ1) is 23.8. The molecule has 3 aromatic carbocycles. The van der Waals surface area contributed by atoms with Crippen molar-refractivity contribution < 1.29 is 9.13 Å². The molecule has 0 saturated heterocycles. The third-order valence-electron chi connectivity index (χ3n) is 4.86. The van der Waals surface area contributed by atoms with E-state index in [1.807, 2.05) is 31.2 Å². The summed E-state index contributed by atoms with van der Waals surface area (Å²) in [5.41, 5.74) is 1.59. The molecule has 0 fully saturated rings. The standard InChI is InChI=1S/C24H17Br3FN3O2/c1-2-22-30-21-8-7-16(25)11-17(21)24(32)31(22)29-12-14-9-18(26)23(19(27)10-14)33-13-15-5-3-4-6-20(15)28/h3-12H,2,13H2,1H3. The van der Waals surface area contributed by atoms with Gasteiger partial charge in [-0.3, -0.25) is 4.79 Å². The first-order valence-electron chi connectivity index (χ1n) is 9.98. The molecule has 0 N–H and O–H groups in total. The summed E-state index contributed by atoms with van der Waals surface area (Å²) in [6, 6.07) is 15.5. The van der Waals surface area contributed by atoms with Crippen molar-refractivity contribution in [1.82, 2.24) is 9.66 Å². The van der Waals surface area contributed by atoms with Gasteiger partial charge in [-0.05, 0) is 73.8 Å². The lowest BCUT2D eigenvalue weighted by atomic mass is 10.2. The van der Waals surface area contributed by atoms with Gasteiger partial charge in [0.1, 0.15) is 24.0 Å². The quantitative estimate of drug-likeness (QED) is 0.218. The lowest BCUT2D eigenvalue weighted by Gasteiger charge is -2.12. The van der Waals surface area contributed by atoms with Crippen molar-refractivity contribution in [2.75, 3.05) is 0 Å². The molecule has 168 valence electrons. The van der Waals surface area contributed by atoms with Crippen molar-refractivity contribution in [3.8, 4) is 5.75 Å². The molecule has 33 heavy (non-hydrogen) atoms. The third-order valence-corrected chi connectivity index (χ3v) is 6.54. The molecular formula is C24H17Br3FN3O2. The normalized spacial score (nSPS) is 11.4. The minimum atomic E-state index is -0.318. The number of aromatic nitrogens is 2. The van der Waals surface area contributed by atoms with E-state index in [-0.39, 0.29) is 18.0 Å². The van der Waals surface area contributed by atoms with Gasteiger partial charge in [0.15, 0.2) is 0 Å². The number of rotatable bonds is 6. The molecule has 0 aliphatic rings. The van der Waals surface area contributed by atoms with E-state index >= 15 is 0 Å². The lowest BCUT2D eigenvalue weighted by molar-refractivity contribution is 0.296. The SMILES string of the molecule is CCc1nc2ccc(Br)cc2c(=O)n1N=Cc1cc(Br)c(OCc2ccccc2F)c(Br)c1. The summed E-state index contributed by atoms with van der Waals surface area (Å²) in [4.78, 5) is 17.6. The van der Waals surface area contributed by atoms with Gasteiger partial charge >= 0.3 is 0 Å². The lowest BCUT2D eigenvalue weighted by Crippen LogP contribution is -2.22. The van der Waals surface area contributed by atoms with Crippen LogP contribution in [0.1, 0.15) is 23.9 Å². The van der Waals surface area contributed by atoms with E-state index in [0.29, 0.717) is 43.4 Å². The van der Waals surface area contributed by atoms with Crippen LogP contribution in [-0.4, -0.2) is 15.9 Å². The number of halogens is 4. The van der Waals surface area contributed by atoms with Crippen molar-refractivity contribution in [3.05, 3.63) is 101 Å². The molecule has 4 aromatic rings. The van der Waals surface area contributed by atoms with Crippen LogP contribution < -0.4 is 10.3 Å². The summed E-state index contributed by atoms with van der Waals surface area (Å²) in [6.07, 6.45) is 2.14. The molecule has 1 heterocycles. The maximum Gasteiger partial charge on any atom is 0.282 e. The Bertz CT molecular complexity index is 1410. The number of hydrogen-bond acceptors (Lipinski definition) is 4. The molecule has 0 spiro atoms. The van der Waals surface area contributed by atoms with Gasteiger partial charge in [0.25, 0.3) is 5.56 Å².